The summed E-state index contributed by atoms with van der Waals surface area (Å²) >= 11 is 6.02. The molecular weight excluding hydrogens is 432 g/mol. The minimum Gasteiger partial charge on any atom is -0.494 e. The van der Waals surface area contributed by atoms with Gasteiger partial charge in [0, 0.05) is 11.8 Å². The van der Waals surface area contributed by atoms with Crippen molar-refractivity contribution in [2.24, 2.45) is 0 Å². The SMILES string of the molecule is CCOC(=O)c1cc(NC(=O)CN(c2cccc(OCC)c2)S(C)(=O)=O)ccc1Cl. The number of carbonyl (C=O) groups is 2. The minimum atomic E-state index is -3.75. The molecule has 1 N–H and O–H groups in total. The van der Waals surface area contributed by atoms with Gasteiger partial charge in [-0.1, -0.05) is 17.7 Å². The Morgan fingerprint density at radius 3 is 2.47 bits per heavy atom. The van der Waals surface area contributed by atoms with Crippen molar-refractivity contribution in [2.45, 2.75) is 13.8 Å². The number of halogens is 1. The van der Waals surface area contributed by atoms with Crippen LogP contribution in [0.3, 0.4) is 0 Å². The molecule has 0 aliphatic carbocycles. The normalized spacial score (nSPS) is 10.9. The molecule has 0 aliphatic heterocycles. The van der Waals surface area contributed by atoms with Crippen molar-refractivity contribution in [1.29, 1.82) is 0 Å². The zero-order valence-corrected chi connectivity index (χ0v) is 18.4. The predicted molar refractivity (Wildman–Crippen MR) is 116 cm³/mol. The molecule has 0 atom stereocenters. The molecule has 0 aliphatic rings. The van der Waals surface area contributed by atoms with Gasteiger partial charge in [-0.25, -0.2) is 13.2 Å². The van der Waals surface area contributed by atoms with E-state index in [-0.39, 0.29) is 22.9 Å². The minimum absolute atomic E-state index is 0.0979. The first kappa shape index (κ1) is 23.5. The number of carbonyl (C=O) groups excluding carboxylic acids is 2. The van der Waals surface area contributed by atoms with Crippen molar-refractivity contribution >= 4 is 44.9 Å². The molecule has 162 valence electrons. The van der Waals surface area contributed by atoms with E-state index in [9.17, 15) is 18.0 Å². The zero-order valence-electron chi connectivity index (χ0n) is 16.8. The molecule has 1 amide bonds. The maximum atomic E-state index is 12.5. The summed E-state index contributed by atoms with van der Waals surface area (Å²) in [4.78, 5) is 24.5. The van der Waals surface area contributed by atoms with E-state index in [0.29, 0.717) is 18.0 Å². The van der Waals surface area contributed by atoms with Gasteiger partial charge in [0.05, 0.1) is 35.7 Å². The van der Waals surface area contributed by atoms with Crippen LogP contribution in [0.2, 0.25) is 5.02 Å². The molecule has 10 heteroatoms. The van der Waals surface area contributed by atoms with Gasteiger partial charge in [0.2, 0.25) is 15.9 Å². The summed E-state index contributed by atoms with van der Waals surface area (Å²) in [5, 5.41) is 2.75. The third-order valence-corrected chi connectivity index (χ3v) is 5.32. The molecule has 8 nitrogen and oxygen atoms in total. The lowest BCUT2D eigenvalue weighted by Crippen LogP contribution is -2.37. The highest BCUT2D eigenvalue weighted by molar-refractivity contribution is 7.92. The summed E-state index contributed by atoms with van der Waals surface area (Å²) in [6.07, 6.45) is 1.01. The quantitative estimate of drug-likeness (QED) is 0.583. The summed E-state index contributed by atoms with van der Waals surface area (Å²) in [6, 6.07) is 10.8. The van der Waals surface area contributed by atoms with E-state index in [1.54, 1.807) is 31.2 Å². The standard InChI is InChI=1S/C20H23ClN2O6S/c1-4-28-16-8-6-7-15(12-16)23(30(3,26)27)13-19(24)22-14-9-10-18(21)17(11-14)20(25)29-5-2/h6-12H,4-5,13H2,1-3H3,(H,22,24). The number of rotatable bonds is 9. The maximum Gasteiger partial charge on any atom is 0.339 e. The van der Waals surface area contributed by atoms with Gasteiger partial charge in [-0.15, -0.1) is 0 Å². The molecular formula is C20H23ClN2O6S. The number of sulfonamides is 1. The summed E-state index contributed by atoms with van der Waals surface area (Å²) in [7, 11) is -3.75. The van der Waals surface area contributed by atoms with Crippen molar-refractivity contribution in [3.63, 3.8) is 0 Å². The Labute approximate surface area is 180 Å². The Hall–Kier alpha value is -2.78. The number of hydrogen-bond donors (Lipinski definition) is 1. The predicted octanol–water partition coefficient (Wildman–Crippen LogP) is 3.32. The first-order valence-electron chi connectivity index (χ1n) is 9.12. The molecule has 0 spiro atoms. The third-order valence-electron chi connectivity index (χ3n) is 3.85. The van der Waals surface area contributed by atoms with Crippen molar-refractivity contribution in [1.82, 2.24) is 0 Å². The molecule has 0 fully saturated rings. The molecule has 0 bridgehead atoms. The number of esters is 1. The Bertz CT molecular complexity index is 1030. The van der Waals surface area contributed by atoms with Crippen LogP contribution in [-0.4, -0.2) is 46.3 Å². The molecule has 0 saturated carbocycles. The van der Waals surface area contributed by atoms with Crippen molar-refractivity contribution in [2.75, 3.05) is 35.6 Å². The van der Waals surface area contributed by atoms with Crippen LogP contribution in [0.15, 0.2) is 42.5 Å². The fraction of sp³-hybridized carbons (Fsp3) is 0.300. The first-order chi connectivity index (χ1) is 14.2. The molecule has 0 aromatic heterocycles. The largest absolute Gasteiger partial charge is 0.494 e. The van der Waals surface area contributed by atoms with Crippen molar-refractivity contribution in [3.05, 3.63) is 53.1 Å². The molecule has 0 saturated heterocycles. The topological polar surface area (TPSA) is 102 Å². The van der Waals surface area contributed by atoms with Crippen LogP contribution in [0.5, 0.6) is 5.75 Å². The number of anilines is 2. The van der Waals surface area contributed by atoms with Gasteiger partial charge in [-0.05, 0) is 44.2 Å². The van der Waals surface area contributed by atoms with Gasteiger partial charge < -0.3 is 14.8 Å². The molecule has 2 rings (SSSR count). The van der Waals surface area contributed by atoms with Crippen LogP contribution in [-0.2, 0) is 19.6 Å². The summed E-state index contributed by atoms with van der Waals surface area (Å²) in [5.41, 5.74) is 0.673. The molecule has 2 aromatic rings. The molecule has 0 radical (unpaired) electrons. The smallest absolute Gasteiger partial charge is 0.339 e. The van der Waals surface area contributed by atoms with Gasteiger partial charge in [0.1, 0.15) is 12.3 Å². The number of benzene rings is 2. The number of ether oxygens (including phenoxy) is 2. The van der Waals surface area contributed by atoms with Crippen LogP contribution in [0, 0.1) is 0 Å². The number of nitrogens with zero attached hydrogens (tertiary/aromatic N) is 1. The van der Waals surface area contributed by atoms with E-state index < -0.39 is 28.4 Å². The van der Waals surface area contributed by atoms with Crippen molar-refractivity contribution < 1.29 is 27.5 Å². The van der Waals surface area contributed by atoms with E-state index in [1.165, 1.54) is 18.2 Å². The van der Waals surface area contributed by atoms with Gasteiger partial charge in [-0.3, -0.25) is 9.10 Å². The Balaban J connectivity index is 2.22. The second-order valence-electron chi connectivity index (χ2n) is 6.16. The highest BCUT2D eigenvalue weighted by atomic mass is 35.5. The van der Waals surface area contributed by atoms with Gasteiger partial charge in [-0.2, -0.15) is 0 Å². The second kappa shape index (κ2) is 10.3. The highest BCUT2D eigenvalue weighted by Crippen LogP contribution is 2.24. The molecule has 0 unspecified atom stereocenters. The molecule has 2 aromatic carbocycles. The Kier molecular flexibility index (Phi) is 8.08. The maximum absolute atomic E-state index is 12.5. The summed E-state index contributed by atoms with van der Waals surface area (Å²) in [5.74, 6) is -0.732. The van der Waals surface area contributed by atoms with Crippen LogP contribution in [0.25, 0.3) is 0 Å². The number of hydrogen-bond acceptors (Lipinski definition) is 6. The fourth-order valence-corrected chi connectivity index (χ4v) is 3.64. The average Bonchev–Trinajstić information content (AvgIpc) is 2.67. The van der Waals surface area contributed by atoms with Crippen LogP contribution < -0.4 is 14.4 Å². The number of nitrogens with one attached hydrogen (secondary N) is 1. The Morgan fingerprint density at radius 2 is 1.83 bits per heavy atom. The number of amides is 1. The average molecular weight is 455 g/mol. The monoisotopic (exact) mass is 454 g/mol. The molecule has 0 heterocycles. The van der Waals surface area contributed by atoms with E-state index in [0.717, 1.165) is 10.6 Å². The lowest BCUT2D eigenvalue weighted by Gasteiger charge is -2.22. The third kappa shape index (κ3) is 6.36. The van der Waals surface area contributed by atoms with Gasteiger partial charge in [0.25, 0.3) is 0 Å². The summed E-state index contributed by atoms with van der Waals surface area (Å²) in [6.45, 7) is 3.60. The lowest BCUT2D eigenvalue weighted by molar-refractivity contribution is -0.114. The van der Waals surface area contributed by atoms with Gasteiger partial charge >= 0.3 is 5.97 Å². The second-order valence-corrected chi connectivity index (χ2v) is 8.48. The van der Waals surface area contributed by atoms with E-state index in [2.05, 4.69) is 5.32 Å². The van der Waals surface area contributed by atoms with E-state index >= 15 is 0 Å². The van der Waals surface area contributed by atoms with Crippen molar-refractivity contribution in [3.8, 4) is 5.75 Å². The van der Waals surface area contributed by atoms with Crippen LogP contribution in [0.4, 0.5) is 11.4 Å². The molecule has 30 heavy (non-hydrogen) atoms. The lowest BCUT2D eigenvalue weighted by atomic mass is 10.2. The Morgan fingerprint density at radius 1 is 1.10 bits per heavy atom. The van der Waals surface area contributed by atoms with Crippen LogP contribution in [0.1, 0.15) is 24.2 Å². The van der Waals surface area contributed by atoms with Gasteiger partial charge in [0.15, 0.2) is 0 Å². The highest BCUT2D eigenvalue weighted by Gasteiger charge is 2.22. The zero-order chi connectivity index (χ0) is 22.3. The first-order valence-corrected chi connectivity index (χ1v) is 11.4. The van der Waals surface area contributed by atoms with Crippen LogP contribution >= 0.6 is 11.6 Å². The summed E-state index contributed by atoms with van der Waals surface area (Å²) < 4.78 is 35.8. The fourth-order valence-electron chi connectivity index (χ4n) is 2.59. The van der Waals surface area contributed by atoms with E-state index in [1.807, 2.05) is 6.92 Å². The van der Waals surface area contributed by atoms with E-state index in [4.69, 9.17) is 21.1 Å².